The number of ether oxygens (including phenoxy) is 1. The number of benzene rings is 3. The van der Waals surface area contributed by atoms with Gasteiger partial charge >= 0.3 is 6.18 Å². The van der Waals surface area contributed by atoms with Gasteiger partial charge in [0.2, 0.25) is 5.91 Å². The summed E-state index contributed by atoms with van der Waals surface area (Å²) in [6.07, 6.45) is -4.59. The van der Waals surface area contributed by atoms with E-state index in [-0.39, 0.29) is 24.6 Å². The van der Waals surface area contributed by atoms with Crippen LogP contribution < -0.4 is 10.1 Å². The highest BCUT2D eigenvalue weighted by atomic mass is 19.4. The molecule has 1 aromatic heterocycles. The van der Waals surface area contributed by atoms with Gasteiger partial charge in [0.1, 0.15) is 18.1 Å². The molecule has 0 fully saturated rings. The van der Waals surface area contributed by atoms with E-state index >= 15 is 0 Å². The number of anilines is 1. The first kappa shape index (κ1) is 28.4. The number of hydrogen-bond donors (Lipinski definition) is 1. The third-order valence-electron chi connectivity index (χ3n) is 6.01. The van der Waals surface area contributed by atoms with E-state index < -0.39 is 23.6 Å². The number of rotatable bonds is 9. The van der Waals surface area contributed by atoms with Crippen LogP contribution in [0.25, 0.3) is 16.9 Å². The van der Waals surface area contributed by atoms with Gasteiger partial charge in [-0.2, -0.15) is 18.3 Å². The summed E-state index contributed by atoms with van der Waals surface area (Å²) in [5.41, 5.74) is 1.05. The Morgan fingerprint density at radius 2 is 1.68 bits per heavy atom. The van der Waals surface area contributed by atoms with E-state index in [0.717, 1.165) is 17.7 Å². The second-order valence-corrected chi connectivity index (χ2v) is 9.60. The molecule has 0 atom stereocenters. The van der Waals surface area contributed by atoms with Crippen LogP contribution in [-0.2, 0) is 11.0 Å². The first-order chi connectivity index (χ1) is 19.0. The fourth-order valence-electron chi connectivity index (χ4n) is 4.17. The Balaban J connectivity index is 1.61. The minimum Gasteiger partial charge on any atom is -0.497 e. The van der Waals surface area contributed by atoms with Crippen LogP contribution in [0.15, 0.2) is 84.9 Å². The van der Waals surface area contributed by atoms with E-state index in [9.17, 15) is 22.8 Å². The first-order valence-electron chi connectivity index (χ1n) is 12.6. The van der Waals surface area contributed by atoms with Crippen LogP contribution in [0.2, 0.25) is 0 Å². The summed E-state index contributed by atoms with van der Waals surface area (Å²) >= 11 is 0. The van der Waals surface area contributed by atoms with Gasteiger partial charge in [-0.1, -0.05) is 50.2 Å². The molecule has 10 heteroatoms. The minimum atomic E-state index is -4.59. The molecular weight excluding hydrogens is 521 g/mol. The van der Waals surface area contributed by atoms with Gasteiger partial charge in [0, 0.05) is 23.7 Å². The molecular formula is C30H29F3N4O3. The summed E-state index contributed by atoms with van der Waals surface area (Å²) in [7, 11) is 1.56. The number of nitrogens with one attached hydrogen (secondary N) is 1. The van der Waals surface area contributed by atoms with E-state index in [2.05, 4.69) is 10.4 Å². The summed E-state index contributed by atoms with van der Waals surface area (Å²) in [5.74, 6) is -0.192. The van der Waals surface area contributed by atoms with Gasteiger partial charge in [-0.05, 0) is 48.4 Å². The van der Waals surface area contributed by atoms with Crippen LogP contribution in [0.3, 0.4) is 0 Å². The van der Waals surface area contributed by atoms with Crippen molar-refractivity contribution in [2.24, 2.45) is 5.92 Å². The number of carbonyl (C=O) groups excluding carboxylic acids is 2. The Hall–Kier alpha value is -4.60. The van der Waals surface area contributed by atoms with E-state index in [4.69, 9.17) is 4.74 Å². The standard InChI is InChI=1S/C30H29F3N4O3/c1-20(2)18-36(29(39)22-10-7-11-23(16-22)30(31,32)33)19-28(38)34-27-17-26(21-8-5-4-6-9-21)35-37(27)24-12-14-25(40-3)15-13-24/h4-17,20H,18-19H2,1-3H3,(H,34,38). The largest absolute Gasteiger partial charge is 0.497 e. The van der Waals surface area contributed by atoms with Crippen molar-refractivity contribution >= 4 is 17.6 Å². The quantitative estimate of drug-likeness (QED) is 0.265. The van der Waals surface area contributed by atoms with Crippen molar-refractivity contribution in [1.29, 1.82) is 0 Å². The first-order valence-corrected chi connectivity index (χ1v) is 12.6. The van der Waals surface area contributed by atoms with Crippen LogP contribution in [0.4, 0.5) is 19.0 Å². The molecule has 40 heavy (non-hydrogen) atoms. The lowest BCUT2D eigenvalue weighted by Crippen LogP contribution is -2.40. The van der Waals surface area contributed by atoms with Crippen LogP contribution in [0.1, 0.15) is 29.8 Å². The van der Waals surface area contributed by atoms with Gasteiger partial charge in [-0.25, -0.2) is 4.68 Å². The second kappa shape index (κ2) is 12.1. The zero-order chi connectivity index (χ0) is 28.9. The van der Waals surface area contributed by atoms with E-state index in [1.165, 1.54) is 17.0 Å². The minimum absolute atomic E-state index is 0.0305. The Bertz CT molecular complexity index is 1470. The fourth-order valence-corrected chi connectivity index (χ4v) is 4.17. The molecule has 0 aliphatic rings. The highest BCUT2D eigenvalue weighted by Gasteiger charge is 2.31. The molecule has 4 rings (SSSR count). The van der Waals surface area contributed by atoms with Crippen molar-refractivity contribution in [1.82, 2.24) is 14.7 Å². The molecule has 2 amide bonds. The average Bonchev–Trinajstić information content (AvgIpc) is 3.35. The molecule has 0 radical (unpaired) electrons. The van der Waals surface area contributed by atoms with Crippen LogP contribution in [0.5, 0.6) is 5.75 Å². The van der Waals surface area contributed by atoms with E-state index in [1.807, 2.05) is 44.2 Å². The molecule has 1 heterocycles. The monoisotopic (exact) mass is 550 g/mol. The second-order valence-electron chi connectivity index (χ2n) is 9.60. The smallest absolute Gasteiger partial charge is 0.416 e. The van der Waals surface area contributed by atoms with E-state index in [0.29, 0.717) is 22.9 Å². The molecule has 1 N–H and O–H groups in total. The molecule has 0 spiro atoms. The molecule has 208 valence electrons. The van der Waals surface area contributed by atoms with Crippen molar-refractivity contribution in [3.05, 3.63) is 96.1 Å². The molecule has 7 nitrogen and oxygen atoms in total. The highest BCUT2D eigenvalue weighted by molar-refractivity contribution is 5.99. The Labute approximate surface area is 230 Å². The summed E-state index contributed by atoms with van der Waals surface area (Å²) < 4.78 is 46.5. The summed E-state index contributed by atoms with van der Waals surface area (Å²) in [5, 5.41) is 7.51. The maximum Gasteiger partial charge on any atom is 0.416 e. The zero-order valence-electron chi connectivity index (χ0n) is 22.3. The van der Waals surface area contributed by atoms with Gasteiger partial charge < -0.3 is 15.0 Å². The predicted molar refractivity (Wildman–Crippen MR) is 146 cm³/mol. The van der Waals surface area contributed by atoms with Gasteiger partial charge in [0.15, 0.2) is 0 Å². The fraction of sp³-hybridized carbons (Fsp3) is 0.233. The topological polar surface area (TPSA) is 76.5 Å². The SMILES string of the molecule is COc1ccc(-n2nc(-c3ccccc3)cc2NC(=O)CN(CC(C)C)C(=O)c2cccc(C(F)(F)F)c2)cc1. The maximum atomic E-state index is 13.2. The van der Waals surface area contributed by atoms with Crippen LogP contribution >= 0.6 is 0 Å². The lowest BCUT2D eigenvalue weighted by atomic mass is 10.1. The van der Waals surface area contributed by atoms with Crippen LogP contribution in [-0.4, -0.2) is 46.7 Å². The average molecular weight is 551 g/mol. The lowest BCUT2D eigenvalue weighted by Gasteiger charge is -2.24. The maximum absolute atomic E-state index is 13.2. The summed E-state index contributed by atoms with van der Waals surface area (Å²) in [6.45, 7) is 3.53. The number of amides is 2. The molecule has 0 aliphatic heterocycles. The number of hydrogen-bond acceptors (Lipinski definition) is 4. The van der Waals surface area contributed by atoms with Crippen molar-refractivity contribution in [3.63, 3.8) is 0 Å². The molecule has 0 bridgehead atoms. The van der Waals surface area contributed by atoms with Gasteiger partial charge in [0.25, 0.3) is 5.91 Å². The molecule has 0 saturated carbocycles. The van der Waals surface area contributed by atoms with E-state index in [1.54, 1.807) is 42.1 Å². The highest BCUT2D eigenvalue weighted by Crippen LogP contribution is 2.30. The summed E-state index contributed by atoms with van der Waals surface area (Å²) in [6, 6.07) is 22.5. The van der Waals surface area contributed by atoms with Gasteiger partial charge in [-0.3, -0.25) is 9.59 Å². The van der Waals surface area contributed by atoms with Crippen molar-refractivity contribution < 1.29 is 27.5 Å². The number of aromatic nitrogens is 2. The van der Waals surface area contributed by atoms with Crippen molar-refractivity contribution in [2.45, 2.75) is 20.0 Å². The number of alkyl halides is 3. The van der Waals surface area contributed by atoms with Gasteiger partial charge in [-0.15, -0.1) is 0 Å². The van der Waals surface area contributed by atoms with Crippen LogP contribution in [0, 0.1) is 5.92 Å². The van der Waals surface area contributed by atoms with Crippen molar-refractivity contribution in [3.8, 4) is 22.7 Å². The number of nitrogens with zero attached hydrogens (tertiary/aromatic N) is 3. The molecule has 3 aromatic carbocycles. The Kier molecular flexibility index (Phi) is 8.57. The molecule has 0 unspecified atom stereocenters. The third-order valence-corrected chi connectivity index (χ3v) is 6.01. The number of methoxy groups -OCH3 is 1. The summed E-state index contributed by atoms with van der Waals surface area (Å²) in [4.78, 5) is 27.7. The zero-order valence-corrected chi connectivity index (χ0v) is 22.3. The Morgan fingerprint density at radius 1 is 0.975 bits per heavy atom. The lowest BCUT2D eigenvalue weighted by molar-refractivity contribution is -0.137. The number of carbonyl (C=O) groups is 2. The Morgan fingerprint density at radius 3 is 2.30 bits per heavy atom. The number of halogens is 3. The van der Waals surface area contributed by atoms with Crippen molar-refractivity contribution in [2.75, 3.05) is 25.5 Å². The third kappa shape index (κ3) is 6.88. The van der Waals surface area contributed by atoms with Gasteiger partial charge in [0.05, 0.1) is 24.1 Å². The molecule has 0 saturated heterocycles. The molecule has 0 aliphatic carbocycles. The normalized spacial score (nSPS) is 11.4. The molecule has 4 aromatic rings. The predicted octanol–water partition coefficient (Wildman–Crippen LogP) is 6.30.